The first kappa shape index (κ1) is 16.8. The number of amides is 1. The molecule has 0 aliphatic heterocycles. The minimum Gasteiger partial charge on any atom is -0.352 e. The second-order valence-corrected chi connectivity index (χ2v) is 7.39. The zero-order valence-electron chi connectivity index (χ0n) is 13.9. The average molecular weight is 295 g/mol. The number of carbonyl (C=O) groups excluding carboxylic acids is 1. The van der Waals surface area contributed by atoms with Crippen molar-refractivity contribution < 1.29 is 4.79 Å². The van der Waals surface area contributed by atoms with Gasteiger partial charge in [0.1, 0.15) is 0 Å². The molecule has 2 atom stereocenters. The molecular formula is C17H33N3O. The smallest absolute Gasteiger partial charge is 0.234 e. The fourth-order valence-corrected chi connectivity index (χ4v) is 4.22. The van der Waals surface area contributed by atoms with E-state index in [0.717, 1.165) is 25.7 Å². The monoisotopic (exact) mass is 295 g/mol. The molecule has 1 amide bonds. The van der Waals surface area contributed by atoms with Crippen LogP contribution >= 0.6 is 0 Å². The zero-order valence-corrected chi connectivity index (χ0v) is 13.9. The van der Waals surface area contributed by atoms with Gasteiger partial charge in [0.05, 0.1) is 6.54 Å². The summed E-state index contributed by atoms with van der Waals surface area (Å²) < 4.78 is 0. The molecule has 0 radical (unpaired) electrons. The van der Waals surface area contributed by atoms with Gasteiger partial charge in [-0.3, -0.25) is 9.69 Å². The van der Waals surface area contributed by atoms with Gasteiger partial charge in [-0.15, -0.1) is 0 Å². The number of hydrogen-bond acceptors (Lipinski definition) is 3. The maximum absolute atomic E-state index is 12.3. The maximum Gasteiger partial charge on any atom is 0.234 e. The summed E-state index contributed by atoms with van der Waals surface area (Å²) in [6, 6.07) is 0.402. The first-order valence-electron chi connectivity index (χ1n) is 8.76. The van der Waals surface area contributed by atoms with E-state index in [-0.39, 0.29) is 11.4 Å². The molecule has 3 N–H and O–H groups in total. The van der Waals surface area contributed by atoms with Crippen LogP contribution in [0.15, 0.2) is 0 Å². The van der Waals surface area contributed by atoms with E-state index in [2.05, 4.69) is 24.2 Å². The Labute approximate surface area is 129 Å². The summed E-state index contributed by atoms with van der Waals surface area (Å²) in [5.41, 5.74) is 6.12. The number of rotatable bonds is 5. The third kappa shape index (κ3) is 4.43. The topological polar surface area (TPSA) is 58.4 Å². The number of hydrogen-bond donors (Lipinski definition) is 2. The molecule has 2 fully saturated rings. The van der Waals surface area contributed by atoms with Crippen LogP contribution in [0.2, 0.25) is 0 Å². The molecule has 4 heteroatoms. The Morgan fingerprint density at radius 2 is 1.95 bits per heavy atom. The Kier molecular flexibility index (Phi) is 6.06. The summed E-state index contributed by atoms with van der Waals surface area (Å²) >= 11 is 0. The standard InChI is InChI=1S/C17H33N3O/c1-14-7-6-10-17(11-14,13-18)20(2)12-16(21)19-15-8-4-3-5-9-15/h14-15H,3-13,18H2,1-2H3,(H,19,21). The molecule has 0 aromatic rings. The Morgan fingerprint density at radius 1 is 1.24 bits per heavy atom. The van der Waals surface area contributed by atoms with Crippen LogP contribution in [-0.2, 0) is 4.79 Å². The maximum atomic E-state index is 12.3. The van der Waals surface area contributed by atoms with Crippen LogP contribution in [0, 0.1) is 5.92 Å². The molecule has 4 nitrogen and oxygen atoms in total. The normalized spacial score (nSPS) is 31.3. The van der Waals surface area contributed by atoms with E-state index in [1.54, 1.807) is 0 Å². The van der Waals surface area contributed by atoms with Gasteiger partial charge in [0.2, 0.25) is 5.91 Å². The molecule has 2 rings (SSSR count). The van der Waals surface area contributed by atoms with Crippen molar-refractivity contribution in [3.63, 3.8) is 0 Å². The lowest BCUT2D eigenvalue weighted by Crippen LogP contribution is -2.57. The van der Waals surface area contributed by atoms with E-state index in [1.165, 1.54) is 32.1 Å². The molecule has 0 bridgehead atoms. The van der Waals surface area contributed by atoms with Gasteiger partial charge in [0.25, 0.3) is 0 Å². The molecular weight excluding hydrogens is 262 g/mol. The van der Waals surface area contributed by atoms with Crippen LogP contribution in [0.25, 0.3) is 0 Å². The second kappa shape index (κ2) is 7.59. The van der Waals surface area contributed by atoms with Crippen LogP contribution in [-0.4, -0.2) is 42.5 Å². The highest BCUT2D eigenvalue weighted by Crippen LogP contribution is 2.35. The number of likely N-dealkylation sites (N-methyl/N-ethyl adjacent to an activating group) is 1. The number of nitrogens with zero attached hydrogens (tertiary/aromatic N) is 1. The summed E-state index contributed by atoms with van der Waals surface area (Å²) in [4.78, 5) is 14.5. The van der Waals surface area contributed by atoms with Gasteiger partial charge in [-0.05, 0) is 38.6 Å². The first-order valence-corrected chi connectivity index (χ1v) is 8.76. The molecule has 2 unspecified atom stereocenters. The van der Waals surface area contributed by atoms with Gasteiger partial charge in [0.15, 0.2) is 0 Å². The lowest BCUT2D eigenvalue weighted by Gasteiger charge is -2.46. The molecule has 0 aromatic carbocycles. The minimum atomic E-state index is 0.0293. The van der Waals surface area contributed by atoms with Gasteiger partial charge in [0, 0.05) is 18.1 Å². The molecule has 0 aromatic heterocycles. The highest BCUT2D eigenvalue weighted by molar-refractivity contribution is 5.78. The fraction of sp³-hybridized carbons (Fsp3) is 0.941. The Hall–Kier alpha value is -0.610. The molecule has 21 heavy (non-hydrogen) atoms. The molecule has 0 saturated heterocycles. The third-order valence-corrected chi connectivity index (χ3v) is 5.61. The zero-order chi connectivity index (χ0) is 15.3. The van der Waals surface area contributed by atoms with Crippen LogP contribution in [0.4, 0.5) is 0 Å². The van der Waals surface area contributed by atoms with Gasteiger partial charge in [-0.2, -0.15) is 0 Å². The molecule has 2 aliphatic rings. The van der Waals surface area contributed by atoms with Crippen LogP contribution in [0.5, 0.6) is 0 Å². The van der Waals surface area contributed by atoms with Crippen molar-refractivity contribution in [2.24, 2.45) is 11.7 Å². The summed E-state index contributed by atoms with van der Waals surface area (Å²) in [6.45, 7) is 3.45. The van der Waals surface area contributed by atoms with Crippen LogP contribution in [0.1, 0.15) is 64.7 Å². The van der Waals surface area contributed by atoms with E-state index in [9.17, 15) is 4.79 Å². The van der Waals surface area contributed by atoms with Crippen molar-refractivity contribution in [2.75, 3.05) is 20.1 Å². The van der Waals surface area contributed by atoms with Gasteiger partial charge >= 0.3 is 0 Å². The van der Waals surface area contributed by atoms with E-state index < -0.39 is 0 Å². The lowest BCUT2D eigenvalue weighted by atomic mass is 9.75. The minimum absolute atomic E-state index is 0.0293. The van der Waals surface area contributed by atoms with E-state index in [1.807, 2.05) is 0 Å². The second-order valence-electron chi connectivity index (χ2n) is 7.39. The van der Waals surface area contributed by atoms with Gasteiger partial charge < -0.3 is 11.1 Å². The van der Waals surface area contributed by atoms with E-state index >= 15 is 0 Å². The lowest BCUT2D eigenvalue weighted by molar-refractivity contribution is -0.124. The van der Waals surface area contributed by atoms with Crippen molar-refractivity contribution in [1.82, 2.24) is 10.2 Å². The quantitative estimate of drug-likeness (QED) is 0.818. The summed E-state index contributed by atoms with van der Waals surface area (Å²) in [6.07, 6.45) is 10.9. The summed E-state index contributed by atoms with van der Waals surface area (Å²) in [7, 11) is 2.07. The van der Waals surface area contributed by atoms with Gasteiger partial charge in [-0.1, -0.05) is 39.0 Å². The highest BCUT2D eigenvalue weighted by atomic mass is 16.2. The predicted octanol–water partition coefficient (Wildman–Crippen LogP) is 2.27. The molecule has 0 spiro atoms. The van der Waals surface area contributed by atoms with Crippen LogP contribution < -0.4 is 11.1 Å². The van der Waals surface area contributed by atoms with E-state index in [4.69, 9.17) is 5.73 Å². The number of carbonyl (C=O) groups is 1. The highest BCUT2D eigenvalue weighted by Gasteiger charge is 2.38. The van der Waals surface area contributed by atoms with Gasteiger partial charge in [-0.25, -0.2) is 0 Å². The van der Waals surface area contributed by atoms with Crippen molar-refractivity contribution in [1.29, 1.82) is 0 Å². The largest absolute Gasteiger partial charge is 0.352 e. The van der Waals surface area contributed by atoms with Crippen molar-refractivity contribution in [3.05, 3.63) is 0 Å². The van der Waals surface area contributed by atoms with Crippen molar-refractivity contribution in [2.45, 2.75) is 76.3 Å². The Balaban J connectivity index is 1.86. The summed E-state index contributed by atoms with van der Waals surface area (Å²) in [5, 5.41) is 3.22. The Bertz CT molecular complexity index is 341. The number of nitrogens with one attached hydrogen (secondary N) is 1. The molecule has 0 heterocycles. The average Bonchev–Trinajstić information content (AvgIpc) is 2.47. The van der Waals surface area contributed by atoms with Crippen molar-refractivity contribution in [3.8, 4) is 0 Å². The van der Waals surface area contributed by atoms with Crippen molar-refractivity contribution >= 4 is 5.91 Å². The molecule has 122 valence electrons. The van der Waals surface area contributed by atoms with Crippen LogP contribution in [0.3, 0.4) is 0 Å². The first-order chi connectivity index (χ1) is 10.1. The third-order valence-electron chi connectivity index (χ3n) is 5.61. The molecule has 2 saturated carbocycles. The fourth-order valence-electron chi connectivity index (χ4n) is 4.22. The molecule has 2 aliphatic carbocycles. The van der Waals surface area contributed by atoms with E-state index in [0.29, 0.717) is 25.0 Å². The Morgan fingerprint density at radius 3 is 2.57 bits per heavy atom. The SMILES string of the molecule is CC1CCCC(CN)(N(C)CC(=O)NC2CCCCC2)C1. The number of nitrogens with two attached hydrogens (primary N) is 1. The summed E-state index contributed by atoms with van der Waals surface area (Å²) in [5.74, 6) is 0.890. The predicted molar refractivity (Wildman–Crippen MR) is 87.1 cm³/mol.